The third-order valence-electron chi connectivity index (χ3n) is 2.76. The zero-order valence-electron chi connectivity index (χ0n) is 10.5. The molecule has 1 unspecified atom stereocenters. The Bertz CT molecular complexity index is 555. The van der Waals surface area contributed by atoms with Crippen LogP contribution in [0.2, 0.25) is 0 Å². The fraction of sp³-hybridized carbons (Fsp3) is 0.133. The van der Waals surface area contributed by atoms with E-state index in [0.717, 1.165) is 11.1 Å². The largest absolute Gasteiger partial charge is 0.491 e. The molecule has 0 aliphatic rings. The lowest BCUT2D eigenvalue weighted by molar-refractivity contribution is -0.119. The van der Waals surface area contributed by atoms with Crippen LogP contribution in [-0.4, -0.2) is 18.6 Å². The van der Waals surface area contributed by atoms with Gasteiger partial charge in [0.15, 0.2) is 0 Å². The van der Waals surface area contributed by atoms with Crippen LogP contribution in [0.1, 0.15) is 0 Å². The number of carbonyl (C=O) groups is 1. The first-order valence-corrected chi connectivity index (χ1v) is 6.00. The van der Waals surface area contributed by atoms with Gasteiger partial charge in [0, 0.05) is 5.56 Å². The molecular weight excluding hydrogens is 240 g/mol. The fourth-order valence-electron chi connectivity index (χ4n) is 1.71. The fourth-order valence-corrected chi connectivity index (χ4v) is 1.71. The van der Waals surface area contributed by atoms with Crippen LogP contribution in [0.25, 0.3) is 11.1 Å². The molecule has 0 fully saturated rings. The highest BCUT2D eigenvalue weighted by atomic mass is 16.5. The summed E-state index contributed by atoms with van der Waals surface area (Å²) in [5.41, 5.74) is 12.7. The van der Waals surface area contributed by atoms with Crippen molar-refractivity contribution in [2.24, 2.45) is 11.5 Å². The second-order valence-electron chi connectivity index (χ2n) is 4.18. The van der Waals surface area contributed by atoms with E-state index < -0.39 is 11.9 Å². The summed E-state index contributed by atoms with van der Waals surface area (Å²) >= 11 is 0. The lowest BCUT2D eigenvalue weighted by atomic mass is 10.1. The van der Waals surface area contributed by atoms with Crippen molar-refractivity contribution in [2.75, 3.05) is 6.61 Å². The van der Waals surface area contributed by atoms with Crippen molar-refractivity contribution in [3.8, 4) is 16.9 Å². The number of ether oxygens (including phenoxy) is 1. The van der Waals surface area contributed by atoms with E-state index in [9.17, 15) is 4.79 Å². The van der Waals surface area contributed by atoms with Crippen molar-refractivity contribution in [3.63, 3.8) is 0 Å². The number of hydrogen-bond donors (Lipinski definition) is 2. The average Bonchev–Trinajstić information content (AvgIpc) is 2.46. The minimum atomic E-state index is -0.802. The monoisotopic (exact) mass is 256 g/mol. The van der Waals surface area contributed by atoms with Crippen LogP contribution < -0.4 is 16.2 Å². The molecule has 1 amide bonds. The van der Waals surface area contributed by atoms with Gasteiger partial charge in [-0.05, 0) is 11.6 Å². The molecule has 4 nitrogen and oxygen atoms in total. The van der Waals surface area contributed by atoms with E-state index in [1.54, 1.807) is 0 Å². The lowest BCUT2D eigenvalue weighted by Gasteiger charge is -2.13. The lowest BCUT2D eigenvalue weighted by Crippen LogP contribution is -2.41. The molecule has 4 N–H and O–H groups in total. The molecule has 98 valence electrons. The second kappa shape index (κ2) is 6.02. The smallest absolute Gasteiger partial charge is 0.237 e. The summed E-state index contributed by atoms with van der Waals surface area (Å²) in [4.78, 5) is 10.9. The van der Waals surface area contributed by atoms with Crippen LogP contribution in [0.15, 0.2) is 54.6 Å². The molecule has 19 heavy (non-hydrogen) atoms. The maximum absolute atomic E-state index is 10.9. The Kier molecular flexibility index (Phi) is 4.15. The number of primary amides is 1. The molecule has 0 aromatic heterocycles. The standard InChI is InChI=1S/C15H16N2O2/c16-13(15(17)18)10-19-14-9-5-4-8-12(14)11-6-2-1-3-7-11/h1-9,13H,10,16H2,(H2,17,18). The van der Waals surface area contributed by atoms with E-state index in [1.807, 2.05) is 54.6 Å². The van der Waals surface area contributed by atoms with Crippen LogP contribution in [0.3, 0.4) is 0 Å². The molecule has 4 heteroatoms. The Morgan fingerprint density at radius 3 is 2.37 bits per heavy atom. The normalized spacial score (nSPS) is 11.8. The number of benzene rings is 2. The number of para-hydroxylation sites is 1. The van der Waals surface area contributed by atoms with Gasteiger partial charge in [-0.3, -0.25) is 4.79 Å². The Morgan fingerprint density at radius 1 is 1.05 bits per heavy atom. The third kappa shape index (κ3) is 3.33. The molecular formula is C15H16N2O2. The molecule has 0 spiro atoms. The number of nitrogens with two attached hydrogens (primary N) is 2. The predicted molar refractivity (Wildman–Crippen MR) is 74.5 cm³/mol. The van der Waals surface area contributed by atoms with Crippen LogP contribution in [0.5, 0.6) is 5.75 Å². The van der Waals surface area contributed by atoms with Crippen LogP contribution in [0.4, 0.5) is 0 Å². The van der Waals surface area contributed by atoms with E-state index in [1.165, 1.54) is 0 Å². The molecule has 2 aromatic rings. The van der Waals surface area contributed by atoms with Gasteiger partial charge in [-0.15, -0.1) is 0 Å². The molecule has 2 rings (SSSR count). The highest BCUT2D eigenvalue weighted by Crippen LogP contribution is 2.29. The SMILES string of the molecule is NC(=O)C(N)COc1ccccc1-c1ccccc1. The van der Waals surface area contributed by atoms with Crippen LogP contribution in [0, 0.1) is 0 Å². The Balaban J connectivity index is 2.20. The molecule has 2 aromatic carbocycles. The zero-order valence-corrected chi connectivity index (χ0v) is 10.5. The van der Waals surface area contributed by atoms with Crippen molar-refractivity contribution >= 4 is 5.91 Å². The summed E-state index contributed by atoms with van der Waals surface area (Å²) in [7, 11) is 0. The highest BCUT2D eigenvalue weighted by molar-refractivity contribution is 5.79. The molecule has 0 heterocycles. The topological polar surface area (TPSA) is 78.3 Å². The minimum Gasteiger partial charge on any atom is -0.491 e. The van der Waals surface area contributed by atoms with Gasteiger partial charge in [-0.25, -0.2) is 0 Å². The highest BCUT2D eigenvalue weighted by Gasteiger charge is 2.11. The first-order chi connectivity index (χ1) is 9.18. The number of rotatable bonds is 5. The van der Waals surface area contributed by atoms with Crippen molar-refractivity contribution in [1.82, 2.24) is 0 Å². The van der Waals surface area contributed by atoms with E-state index in [4.69, 9.17) is 16.2 Å². The quantitative estimate of drug-likeness (QED) is 0.851. The van der Waals surface area contributed by atoms with Gasteiger partial charge in [0.25, 0.3) is 0 Å². The summed E-state index contributed by atoms with van der Waals surface area (Å²) in [6.07, 6.45) is 0. The molecule has 0 bridgehead atoms. The number of carbonyl (C=O) groups excluding carboxylic acids is 1. The van der Waals surface area contributed by atoms with Gasteiger partial charge < -0.3 is 16.2 Å². The number of amides is 1. The van der Waals surface area contributed by atoms with E-state index in [0.29, 0.717) is 5.75 Å². The summed E-state index contributed by atoms with van der Waals surface area (Å²) < 4.78 is 5.59. The summed E-state index contributed by atoms with van der Waals surface area (Å²) in [6.45, 7) is 0.0686. The first-order valence-electron chi connectivity index (χ1n) is 6.00. The molecule has 0 aliphatic heterocycles. The number of hydrogen-bond acceptors (Lipinski definition) is 3. The second-order valence-corrected chi connectivity index (χ2v) is 4.18. The molecule has 0 aliphatic carbocycles. The zero-order chi connectivity index (χ0) is 13.7. The van der Waals surface area contributed by atoms with Crippen molar-refractivity contribution in [1.29, 1.82) is 0 Å². The van der Waals surface area contributed by atoms with Crippen molar-refractivity contribution in [3.05, 3.63) is 54.6 Å². The Labute approximate surface area is 112 Å². The van der Waals surface area contributed by atoms with Crippen molar-refractivity contribution < 1.29 is 9.53 Å². The maximum Gasteiger partial charge on any atom is 0.237 e. The van der Waals surface area contributed by atoms with E-state index in [2.05, 4.69) is 0 Å². The van der Waals surface area contributed by atoms with Gasteiger partial charge in [0.05, 0.1) is 0 Å². The van der Waals surface area contributed by atoms with Gasteiger partial charge in [-0.2, -0.15) is 0 Å². The van der Waals surface area contributed by atoms with Crippen LogP contribution >= 0.6 is 0 Å². The summed E-state index contributed by atoms with van der Waals surface area (Å²) in [5, 5.41) is 0. The molecule has 0 radical (unpaired) electrons. The third-order valence-corrected chi connectivity index (χ3v) is 2.76. The average molecular weight is 256 g/mol. The maximum atomic E-state index is 10.9. The first kappa shape index (κ1) is 13.1. The Morgan fingerprint density at radius 2 is 1.68 bits per heavy atom. The molecule has 0 saturated carbocycles. The minimum absolute atomic E-state index is 0.0686. The van der Waals surface area contributed by atoms with E-state index >= 15 is 0 Å². The summed E-state index contributed by atoms with van der Waals surface area (Å²) in [6, 6.07) is 16.7. The molecule has 1 atom stereocenters. The van der Waals surface area contributed by atoms with Gasteiger partial charge >= 0.3 is 0 Å². The van der Waals surface area contributed by atoms with Crippen LogP contribution in [-0.2, 0) is 4.79 Å². The predicted octanol–water partition coefficient (Wildman–Crippen LogP) is 1.55. The molecule has 0 saturated heterocycles. The van der Waals surface area contributed by atoms with Gasteiger partial charge in [0.1, 0.15) is 18.4 Å². The summed E-state index contributed by atoms with van der Waals surface area (Å²) in [5.74, 6) is 0.114. The van der Waals surface area contributed by atoms with Gasteiger partial charge in [0.2, 0.25) is 5.91 Å². The Hall–Kier alpha value is -2.33. The van der Waals surface area contributed by atoms with Crippen molar-refractivity contribution in [2.45, 2.75) is 6.04 Å². The van der Waals surface area contributed by atoms with E-state index in [-0.39, 0.29) is 6.61 Å². The van der Waals surface area contributed by atoms with Gasteiger partial charge in [-0.1, -0.05) is 48.5 Å².